The van der Waals surface area contributed by atoms with Crippen LogP contribution < -0.4 is 0 Å². The maximum atomic E-state index is 11.6. The number of thiocarbonyl (C=S) groups is 1. The predicted molar refractivity (Wildman–Crippen MR) is 78.0 cm³/mol. The summed E-state index contributed by atoms with van der Waals surface area (Å²) in [4.78, 5) is 24.6. The molecule has 0 saturated carbocycles. The predicted octanol–water partition coefficient (Wildman–Crippen LogP) is 1.33. The molecule has 0 radical (unpaired) electrons. The van der Waals surface area contributed by atoms with E-state index < -0.39 is 18.0 Å². The van der Waals surface area contributed by atoms with Crippen molar-refractivity contribution in [3.8, 4) is 0 Å². The molecule has 1 fully saturated rings. The number of ether oxygens (including phenoxy) is 2. The highest BCUT2D eigenvalue weighted by molar-refractivity contribution is 8.10. The van der Waals surface area contributed by atoms with Crippen LogP contribution in [-0.2, 0) is 19.1 Å². The van der Waals surface area contributed by atoms with Crippen LogP contribution >= 0.6 is 24.8 Å². The summed E-state index contributed by atoms with van der Waals surface area (Å²) >= 11 is 9.20. The molecule has 7 heteroatoms. The molecular formula is C12H17NO4S2. The SMILES string of the molecule is C=C(C(=O)OC)C(OC(C)=O)[C@@H]1CCCN1C(=S)S. The second-order valence-electron chi connectivity index (χ2n) is 4.23. The molecule has 106 valence electrons. The van der Waals surface area contributed by atoms with E-state index in [4.69, 9.17) is 17.0 Å². The average molecular weight is 303 g/mol. The Hall–Kier alpha value is -1.08. The van der Waals surface area contributed by atoms with E-state index in [1.807, 2.05) is 4.90 Å². The van der Waals surface area contributed by atoms with E-state index in [1.165, 1.54) is 14.0 Å². The zero-order valence-corrected chi connectivity index (χ0v) is 12.6. The van der Waals surface area contributed by atoms with Crippen molar-refractivity contribution in [2.45, 2.75) is 31.9 Å². The fourth-order valence-corrected chi connectivity index (χ4v) is 2.63. The largest absolute Gasteiger partial charge is 0.466 e. The summed E-state index contributed by atoms with van der Waals surface area (Å²) in [6.45, 7) is 5.68. The molecule has 0 amide bonds. The lowest BCUT2D eigenvalue weighted by Gasteiger charge is -2.31. The minimum absolute atomic E-state index is 0.110. The number of hydrogen-bond acceptors (Lipinski definition) is 5. The Kier molecular flexibility index (Phi) is 5.81. The maximum absolute atomic E-state index is 11.6. The molecule has 0 aliphatic carbocycles. The van der Waals surface area contributed by atoms with Crippen molar-refractivity contribution < 1.29 is 19.1 Å². The zero-order valence-electron chi connectivity index (χ0n) is 10.9. The van der Waals surface area contributed by atoms with E-state index in [2.05, 4.69) is 23.9 Å². The molecule has 0 aromatic heterocycles. The number of carbonyl (C=O) groups is 2. The highest BCUT2D eigenvalue weighted by Gasteiger charge is 2.38. The number of rotatable bonds is 4. The van der Waals surface area contributed by atoms with Gasteiger partial charge in [0.25, 0.3) is 0 Å². The van der Waals surface area contributed by atoms with Crippen LogP contribution in [0.4, 0.5) is 0 Å². The molecule has 1 saturated heterocycles. The van der Waals surface area contributed by atoms with Gasteiger partial charge in [0.2, 0.25) is 0 Å². The molecule has 0 spiro atoms. The third-order valence-corrected chi connectivity index (χ3v) is 3.47. The van der Waals surface area contributed by atoms with Gasteiger partial charge in [-0.2, -0.15) is 0 Å². The monoisotopic (exact) mass is 303 g/mol. The Bertz CT molecular complexity index is 411. The minimum atomic E-state index is -0.766. The average Bonchev–Trinajstić information content (AvgIpc) is 2.82. The molecule has 1 aliphatic rings. The summed E-state index contributed by atoms with van der Waals surface area (Å²) in [5.41, 5.74) is 0.110. The van der Waals surface area contributed by atoms with E-state index in [0.29, 0.717) is 4.32 Å². The molecular weight excluding hydrogens is 286 g/mol. The van der Waals surface area contributed by atoms with Gasteiger partial charge in [0, 0.05) is 13.5 Å². The molecule has 19 heavy (non-hydrogen) atoms. The zero-order chi connectivity index (χ0) is 14.6. The first-order valence-corrected chi connectivity index (χ1v) is 6.68. The highest BCUT2D eigenvalue weighted by atomic mass is 32.1. The van der Waals surface area contributed by atoms with Crippen LogP contribution in [0.5, 0.6) is 0 Å². The topological polar surface area (TPSA) is 55.8 Å². The fraction of sp³-hybridized carbons (Fsp3) is 0.583. The van der Waals surface area contributed by atoms with Crippen molar-refractivity contribution >= 4 is 41.1 Å². The third-order valence-electron chi connectivity index (χ3n) is 2.98. The molecule has 0 aromatic carbocycles. The van der Waals surface area contributed by atoms with Crippen molar-refractivity contribution in [2.75, 3.05) is 13.7 Å². The molecule has 1 heterocycles. The lowest BCUT2D eigenvalue weighted by Crippen LogP contribution is -2.44. The maximum Gasteiger partial charge on any atom is 0.336 e. The second-order valence-corrected chi connectivity index (χ2v) is 5.35. The van der Waals surface area contributed by atoms with Gasteiger partial charge in [-0.05, 0) is 12.8 Å². The van der Waals surface area contributed by atoms with Crippen molar-refractivity contribution in [2.24, 2.45) is 0 Å². The fourth-order valence-electron chi connectivity index (χ4n) is 2.15. The number of hydrogen-bond donors (Lipinski definition) is 1. The van der Waals surface area contributed by atoms with Crippen LogP contribution in [0, 0.1) is 0 Å². The van der Waals surface area contributed by atoms with Gasteiger partial charge in [-0.1, -0.05) is 18.8 Å². The van der Waals surface area contributed by atoms with Gasteiger partial charge in [-0.25, -0.2) is 4.79 Å². The standard InChI is InChI=1S/C12H17NO4S2/c1-7(11(15)16-3)10(17-8(2)14)9-5-4-6-13(9)12(18)19/h9-10H,1,4-6H2,2-3H3,(H,18,19)/t9-,10?/m0/s1. The first-order chi connectivity index (χ1) is 8.88. The molecule has 5 nitrogen and oxygen atoms in total. The van der Waals surface area contributed by atoms with Crippen molar-refractivity contribution in [3.63, 3.8) is 0 Å². The molecule has 1 unspecified atom stereocenters. The van der Waals surface area contributed by atoms with Crippen molar-refractivity contribution in [3.05, 3.63) is 12.2 Å². The third kappa shape index (κ3) is 3.94. The molecule has 0 aromatic rings. The van der Waals surface area contributed by atoms with Crippen molar-refractivity contribution in [1.29, 1.82) is 0 Å². The van der Waals surface area contributed by atoms with Crippen LogP contribution in [0.25, 0.3) is 0 Å². The van der Waals surface area contributed by atoms with Crippen LogP contribution in [-0.4, -0.2) is 47.0 Å². The van der Waals surface area contributed by atoms with Gasteiger partial charge < -0.3 is 14.4 Å². The molecule has 0 N–H and O–H groups in total. The number of thiol groups is 1. The summed E-state index contributed by atoms with van der Waals surface area (Å²) in [5, 5.41) is 0. The first kappa shape index (κ1) is 16.0. The summed E-state index contributed by atoms with van der Waals surface area (Å²) in [7, 11) is 1.26. The summed E-state index contributed by atoms with van der Waals surface area (Å²) in [5.74, 6) is -1.07. The van der Waals surface area contributed by atoms with E-state index in [1.54, 1.807) is 0 Å². The minimum Gasteiger partial charge on any atom is -0.466 e. The normalized spacial score (nSPS) is 19.7. The number of likely N-dealkylation sites (tertiary alicyclic amines) is 1. The van der Waals surface area contributed by atoms with E-state index in [0.717, 1.165) is 19.4 Å². The molecule has 1 rings (SSSR count). The highest BCUT2D eigenvalue weighted by Crippen LogP contribution is 2.27. The van der Waals surface area contributed by atoms with Crippen LogP contribution in [0.1, 0.15) is 19.8 Å². The van der Waals surface area contributed by atoms with Crippen LogP contribution in [0.2, 0.25) is 0 Å². The Labute approximate surface area is 123 Å². The van der Waals surface area contributed by atoms with Crippen LogP contribution in [0.3, 0.4) is 0 Å². The van der Waals surface area contributed by atoms with Gasteiger partial charge in [0.05, 0.1) is 18.7 Å². The smallest absolute Gasteiger partial charge is 0.336 e. The lowest BCUT2D eigenvalue weighted by atomic mass is 10.0. The number of esters is 2. The Morgan fingerprint density at radius 3 is 2.63 bits per heavy atom. The molecule has 1 aliphatic heterocycles. The lowest BCUT2D eigenvalue weighted by molar-refractivity contribution is -0.148. The molecule has 0 bridgehead atoms. The number of methoxy groups -OCH3 is 1. The van der Waals surface area contributed by atoms with E-state index in [-0.39, 0.29) is 11.6 Å². The van der Waals surface area contributed by atoms with Gasteiger partial charge in [0.15, 0.2) is 6.10 Å². The van der Waals surface area contributed by atoms with Gasteiger partial charge in [0.1, 0.15) is 4.32 Å². The van der Waals surface area contributed by atoms with Gasteiger partial charge >= 0.3 is 11.9 Å². The Morgan fingerprint density at radius 1 is 1.53 bits per heavy atom. The number of carbonyl (C=O) groups excluding carboxylic acids is 2. The van der Waals surface area contributed by atoms with Crippen molar-refractivity contribution in [1.82, 2.24) is 4.90 Å². The summed E-state index contributed by atoms with van der Waals surface area (Å²) < 4.78 is 10.3. The Balaban J connectivity index is 2.96. The first-order valence-electron chi connectivity index (χ1n) is 5.82. The van der Waals surface area contributed by atoms with Gasteiger partial charge in [-0.15, -0.1) is 12.6 Å². The summed E-state index contributed by atoms with van der Waals surface area (Å²) in [6.07, 6.45) is 0.865. The van der Waals surface area contributed by atoms with E-state index >= 15 is 0 Å². The van der Waals surface area contributed by atoms with Gasteiger partial charge in [-0.3, -0.25) is 4.79 Å². The second kappa shape index (κ2) is 6.91. The summed E-state index contributed by atoms with van der Waals surface area (Å²) in [6, 6.07) is -0.222. The quantitative estimate of drug-likeness (QED) is 0.366. The van der Waals surface area contributed by atoms with E-state index in [9.17, 15) is 9.59 Å². The Morgan fingerprint density at radius 2 is 2.16 bits per heavy atom. The van der Waals surface area contributed by atoms with Crippen LogP contribution in [0.15, 0.2) is 12.2 Å². The number of nitrogens with zero attached hydrogens (tertiary/aromatic N) is 1. The molecule has 2 atom stereocenters.